The van der Waals surface area contributed by atoms with Gasteiger partial charge in [0.15, 0.2) is 0 Å². The Bertz CT molecular complexity index is 1040. The third-order valence-corrected chi connectivity index (χ3v) is 10.6. The first-order chi connectivity index (χ1) is 27.2. The van der Waals surface area contributed by atoms with Crippen LogP contribution < -0.4 is 5.73 Å². The summed E-state index contributed by atoms with van der Waals surface area (Å²) in [5, 5.41) is 8.90. The Morgan fingerprint density at radius 3 is 1.55 bits per heavy atom. The molecule has 0 rings (SSSR count). The Morgan fingerprint density at radius 1 is 0.589 bits per heavy atom. The molecule has 0 spiro atoms. The molecule has 0 fully saturated rings. The molecule has 0 saturated carbocycles. The van der Waals surface area contributed by atoms with Crippen LogP contribution in [0, 0.1) is 0 Å². The predicted molar refractivity (Wildman–Crippen MR) is 231 cm³/mol. The molecule has 0 aromatic carbocycles. The van der Waals surface area contributed by atoms with E-state index in [1.54, 1.807) is 0 Å². The molecule has 11 heteroatoms. The standard InChI is InChI=1S/C45H84NO9P/c1-3-5-7-9-11-13-15-17-19-21-22-23-25-27-29-31-33-35-37-44(47)55-42(40-53-56(50,51)54-41-43(46)45(48)49)39-52-38-36-34-32-30-28-26-24-20-18-16-14-12-10-8-6-4-2/h6,8,12,14,18,20,42-43H,3-5,7,9-11,13,15-17,19,21-41,46H2,1-2H3,(H,48,49)(H,50,51)/b8-6-,14-12-,20-18-. The van der Waals surface area contributed by atoms with Gasteiger partial charge in [0.25, 0.3) is 0 Å². The number of rotatable bonds is 43. The van der Waals surface area contributed by atoms with Gasteiger partial charge < -0.3 is 25.2 Å². The summed E-state index contributed by atoms with van der Waals surface area (Å²) in [6, 6.07) is -1.47. The molecular formula is C45H84NO9P. The number of unbranched alkanes of at least 4 members (excludes halogenated alkanes) is 23. The normalized spacial score (nSPS) is 14.2. The van der Waals surface area contributed by atoms with Gasteiger partial charge in [0.1, 0.15) is 12.1 Å². The summed E-state index contributed by atoms with van der Waals surface area (Å²) < 4.78 is 33.4. The summed E-state index contributed by atoms with van der Waals surface area (Å²) in [4.78, 5) is 33.6. The van der Waals surface area contributed by atoms with E-state index in [2.05, 4.69) is 50.3 Å². The summed E-state index contributed by atoms with van der Waals surface area (Å²) in [5.74, 6) is -1.78. The van der Waals surface area contributed by atoms with Crippen molar-refractivity contribution in [2.75, 3.05) is 26.4 Å². The first kappa shape index (κ1) is 54.2. The summed E-state index contributed by atoms with van der Waals surface area (Å²) in [5.41, 5.74) is 5.36. The quantitative estimate of drug-likeness (QED) is 0.0234. The first-order valence-electron chi connectivity index (χ1n) is 22.5. The van der Waals surface area contributed by atoms with Crippen molar-refractivity contribution in [3.63, 3.8) is 0 Å². The van der Waals surface area contributed by atoms with Gasteiger partial charge in [0, 0.05) is 13.0 Å². The van der Waals surface area contributed by atoms with Crippen LogP contribution >= 0.6 is 7.82 Å². The number of hydrogen-bond donors (Lipinski definition) is 3. The van der Waals surface area contributed by atoms with Crippen LogP contribution in [0.3, 0.4) is 0 Å². The van der Waals surface area contributed by atoms with E-state index in [4.69, 9.17) is 29.4 Å². The van der Waals surface area contributed by atoms with Crippen molar-refractivity contribution in [2.45, 2.75) is 212 Å². The molecule has 56 heavy (non-hydrogen) atoms. The SMILES string of the molecule is CC/C=C\C/C=C\C/C=C\CCCCCCCCOCC(COP(=O)(O)OCC(N)C(=O)O)OC(=O)CCCCCCCCCCCCCCCCCCCC. The van der Waals surface area contributed by atoms with Crippen LogP contribution in [0.15, 0.2) is 36.5 Å². The van der Waals surface area contributed by atoms with Crippen molar-refractivity contribution < 1.29 is 42.7 Å². The average Bonchev–Trinajstić information content (AvgIpc) is 3.18. The Hall–Kier alpha value is -1.81. The summed E-state index contributed by atoms with van der Waals surface area (Å²) in [6.07, 6.45) is 46.2. The molecule has 0 aliphatic rings. The van der Waals surface area contributed by atoms with E-state index < -0.39 is 45.1 Å². The van der Waals surface area contributed by atoms with Gasteiger partial charge in [-0.3, -0.25) is 18.6 Å². The zero-order valence-electron chi connectivity index (χ0n) is 35.7. The number of allylic oxidation sites excluding steroid dienone is 6. The number of carbonyl (C=O) groups excluding carboxylic acids is 1. The number of aliphatic carboxylic acids is 1. The van der Waals surface area contributed by atoms with E-state index in [1.807, 2.05) is 0 Å². The van der Waals surface area contributed by atoms with E-state index in [-0.39, 0.29) is 13.0 Å². The van der Waals surface area contributed by atoms with Gasteiger partial charge in [0.05, 0.1) is 19.8 Å². The fraction of sp³-hybridized carbons (Fsp3) is 0.822. The van der Waals surface area contributed by atoms with Crippen molar-refractivity contribution in [3.8, 4) is 0 Å². The molecule has 3 unspecified atom stereocenters. The molecular weight excluding hydrogens is 729 g/mol. The zero-order valence-corrected chi connectivity index (χ0v) is 36.6. The third-order valence-electron chi connectivity index (χ3n) is 9.68. The number of carboxylic acids is 1. The van der Waals surface area contributed by atoms with Gasteiger partial charge in [0.2, 0.25) is 0 Å². The maximum atomic E-state index is 12.6. The first-order valence-corrected chi connectivity index (χ1v) is 24.0. The Kier molecular flexibility index (Phi) is 40.0. The molecule has 3 atom stereocenters. The van der Waals surface area contributed by atoms with Crippen molar-refractivity contribution >= 4 is 19.8 Å². The van der Waals surface area contributed by atoms with Crippen molar-refractivity contribution in [1.82, 2.24) is 0 Å². The minimum absolute atomic E-state index is 0.0104. The van der Waals surface area contributed by atoms with Crippen molar-refractivity contribution in [3.05, 3.63) is 36.5 Å². The summed E-state index contributed by atoms with van der Waals surface area (Å²) in [7, 11) is -4.62. The molecule has 0 bridgehead atoms. The fourth-order valence-corrected chi connectivity index (χ4v) is 6.99. The van der Waals surface area contributed by atoms with Crippen LogP contribution in [0.4, 0.5) is 0 Å². The highest BCUT2D eigenvalue weighted by Crippen LogP contribution is 2.43. The lowest BCUT2D eigenvalue weighted by Crippen LogP contribution is -2.34. The van der Waals surface area contributed by atoms with Gasteiger partial charge in [-0.2, -0.15) is 0 Å². The van der Waals surface area contributed by atoms with Crippen LogP contribution in [0.5, 0.6) is 0 Å². The van der Waals surface area contributed by atoms with Crippen LogP contribution in [0.2, 0.25) is 0 Å². The predicted octanol–water partition coefficient (Wildman–Crippen LogP) is 12.5. The molecule has 0 aromatic heterocycles. The van der Waals surface area contributed by atoms with Gasteiger partial charge in [-0.25, -0.2) is 4.57 Å². The van der Waals surface area contributed by atoms with E-state index >= 15 is 0 Å². The Labute approximate surface area is 342 Å². The monoisotopic (exact) mass is 814 g/mol. The third kappa shape index (κ3) is 40.4. The highest BCUT2D eigenvalue weighted by molar-refractivity contribution is 7.47. The topological polar surface area (TPSA) is 155 Å². The van der Waals surface area contributed by atoms with E-state index in [9.17, 15) is 19.0 Å². The molecule has 0 radical (unpaired) electrons. The van der Waals surface area contributed by atoms with E-state index in [0.717, 1.165) is 57.8 Å². The van der Waals surface area contributed by atoms with Crippen LogP contribution in [0.1, 0.15) is 200 Å². The fourth-order valence-electron chi connectivity index (χ4n) is 6.21. The Balaban J connectivity index is 4.21. The molecule has 0 heterocycles. The lowest BCUT2D eigenvalue weighted by molar-refractivity contribution is -0.154. The highest BCUT2D eigenvalue weighted by atomic mass is 31.2. The largest absolute Gasteiger partial charge is 0.480 e. The average molecular weight is 814 g/mol. The molecule has 0 aromatic rings. The van der Waals surface area contributed by atoms with Gasteiger partial charge in [-0.1, -0.05) is 185 Å². The van der Waals surface area contributed by atoms with Crippen LogP contribution in [0.25, 0.3) is 0 Å². The van der Waals surface area contributed by atoms with Gasteiger partial charge in [-0.05, 0) is 44.9 Å². The maximum absolute atomic E-state index is 12.6. The molecule has 0 aliphatic heterocycles. The smallest absolute Gasteiger partial charge is 0.472 e. The van der Waals surface area contributed by atoms with Gasteiger partial charge >= 0.3 is 19.8 Å². The van der Waals surface area contributed by atoms with Crippen LogP contribution in [-0.2, 0) is 32.7 Å². The summed E-state index contributed by atoms with van der Waals surface area (Å²) in [6.45, 7) is 3.76. The van der Waals surface area contributed by atoms with Crippen molar-refractivity contribution in [2.24, 2.45) is 5.73 Å². The highest BCUT2D eigenvalue weighted by Gasteiger charge is 2.27. The lowest BCUT2D eigenvalue weighted by Gasteiger charge is -2.20. The molecule has 0 aliphatic carbocycles. The Morgan fingerprint density at radius 2 is 1.04 bits per heavy atom. The molecule has 0 amide bonds. The number of nitrogens with two attached hydrogens (primary N) is 1. The van der Waals surface area contributed by atoms with E-state index in [1.165, 1.54) is 116 Å². The second-order valence-corrected chi connectivity index (χ2v) is 16.6. The number of carboxylic acid groups (broad SMARTS) is 1. The number of phosphoric acid groups is 1. The number of ether oxygens (including phenoxy) is 2. The minimum atomic E-state index is -4.62. The van der Waals surface area contributed by atoms with Crippen LogP contribution in [-0.4, -0.2) is 60.5 Å². The number of hydrogen-bond acceptors (Lipinski definition) is 8. The molecule has 4 N–H and O–H groups in total. The maximum Gasteiger partial charge on any atom is 0.472 e. The van der Waals surface area contributed by atoms with E-state index in [0.29, 0.717) is 13.0 Å². The summed E-state index contributed by atoms with van der Waals surface area (Å²) >= 11 is 0. The number of esters is 1. The minimum Gasteiger partial charge on any atom is -0.480 e. The lowest BCUT2D eigenvalue weighted by atomic mass is 10.0. The molecule has 0 saturated heterocycles. The molecule has 328 valence electrons. The van der Waals surface area contributed by atoms with Crippen molar-refractivity contribution in [1.29, 1.82) is 0 Å². The zero-order chi connectivity index (χ0) is 41.2. The number of carbonyl (C=O) groups is 2. The number of phosphoric ester groups is 1. The second kappa shape index (κ2) is 41.4. The van der Waals surface area contributed by atoms with Gasteiger partial charge in [-0.15, -0.1) is 0 Å². The second-order valence-electron chi connectivity index (χ2n) is 15.2. The molecule has 10 nitrogen and oxygen atoms in total.